The fourth-order valence-corrected chi connectivity index (χ4v) is 1.65. The zero-order chi connectivity index (χ0) is 12.1. The average molecular weight is 241 g/mol. The minimum atomic E-state index is -0.00606. The van der Waals surface area contributed by atoms with Crippen molar-refractivity contribution in [1.29, 1.82) is 0 Å². The van der Waals surface area contributed by atoms with Gasteiger partial charge in [0.05, 0.1) is 0 Å². The summed E-state index contributed by atoms with van der Waals surface area (Å²) in [6.07, 6.45) is 0.807. The Kier molecular flexibility index (Phi) is 4.77. The van der Waals surface area contributed by atoms with Crippen molar-refractivity contribution < 1.29 is 4.79 Å². The normalized spacial score (nSPS) is 10.2. The van der Waals surface area contributed by atoms with E-state index in [1.54, 1.807) is 30.1 Å². The van der Waals surface area contributed by atoms with Gasteiger partial charge in [0.25, 0.3) is 5.91 Å². The SMILES string of the molecule is Cc1c(Cl)cccc1C(=O)N(C)CCCN. The van der Waals surface area contributed by atoms with Gasteiger partial charge < -0.3 is 10.6 Å². The fraction of sp³-hybridized carbons (Fsp3) is 0.417. The lowest BCUT2D eigenvalue weighted by molar-refractivity contribution is 0.0793. The molecular formula is C12H17ClN2O. The van der Waals surface area contributed by atoms with Crippen molar-refractivity contribution in [1.82, 2.24) is 4.90 Å². The van der Waals surface area contributed by atoms with Crippen molar-refractivity contribution in [3.8, 4) is 0 Å². The third kappa shape index (κ3) is 2.97. The molecule has 0 saturated carbocycles. The molecule has 88 valence electrons. The van der Waals surface area contributed by atoms with E-state index in [0.717, 1.165) is 12.0 Å². The third-order valence-corrected chi connectivity index (χ3v) is 2.95. The zero-order valence-electron chi connectivity index (χ0n) is 9.66. The summed E-state index contributed by atoms with van der Waals surface area (Å²) in [5, 5.41) is 0.623. The van der Waals surface area contributed by atoms with Crippen LogP contribution in [0.5, 0.6) is 0 Å². The number of benzene rings is 1. The Bertz CT molecular complexity index is 379. The highest BCUT2D eigenvalue weighted by Crippen LogP contribution is 2.19. The molecule has 0 spiro atoms. The topological polar surface area (TPSA) is 46.3 Å². The lowest BCUT2D eigenvalue weighted by Crippen LogP contribution is -2.29. The maximum atomic E-state index is 12.1. The van der Waals surface area contributed by atoms with Gasteiger partial charge in [-0.1, -0.05) is 17.7 Å². The van der Waals surface area contributed by atoms with Crippen LogP contribution in [0.3, 0.4) is 0 Å². The van der Waals surface area contributed by atoms with Gasteiger partial charge in [-0.3, -0.25) is 4.79 Å². The third-order valence-electron chi connectivity index (χ3n) is 2.54. The summed E-state index contributed by atoms with van der Waals surface area (Å²) < 4.78 is 0. The summed E-state index contributed by atoms with van der Waals surface area (Å²) in [6, 6.07) is 5.37. The average Bonchev–Trinajstić information content (AvgIpc) is 2.28. The number of nitrogens with two attached hydrogens (primary N) is 1. The molecule has 1 aromatic rings. The highest BCUT2D eigenvalue weighted by atomic mass is 35.5. The van der Waals surface area contributed by atoms with E-state index in [1.165, 1.54) is 0 Å². The van der Waals surface area contributed by atoms with E-state index in [-0.39, 0.29) is 5.91 Å². The Morgan fingerprint density at radius 2 is 2.19 bits per heavy atom. The standard InChI is InChI=1S/C12H17ClN2O/c1-9-10(5-3-6-11(9)13)12(16)15(2)8-4-7-14/h3,5-6H,4,7-8,14H2,1-2H3. The number of carbonyl (C=O) groups excluding carboxylic acids is 1. The van der Waals surface area contributed by atoms with Gasteiger partial charge in [0.2, 0.25) is 0 Å². The van der Waals surface area contributed by atoms with Crippen LogP contribution >= 0.6 is 11.6 Å². The molecule has 0 aliphatic rings. The molecule has 0 aromatic heterocycles. The summed E-state index contributed by atoms with van der Waals surface area (Å²) >= 11 is 5.98. The molecular weight excluding hydrogens is 224 g/mol. The summed E-state index contributed by atoms with van der Waals surface area (Å²) in [5.41, 5.74) is 6.90. The summed E-state index contributed by atoms with van der Waals surface area (Å²) in [6.45, 7) is 3.11. The molecule has 0 saturated heterocycles. The van der Waals surface area contributed by atoms with Gasteiger partial charge in [0, 0.05) is 24.2 Å². The van der Waals surface area contributed by atoms with Gasteiger partial charge in [-0.15, -0.1) is 0 Å². The molecule has 16 heavy (non-hydrogen) atoms. The molecule has 0 aliphatic heterocycles. The fourth-order valence-electron chi connectivity index (χ4n) is 1.47. The second-order valence-electron chi connectivity index (χ2n) is 3.78. The first-order valence-corrected chi connectivity index (χ1v) is 5.66. The van der Waals surface area contributed by atoms with Crippen LogP contribution in [0, 0.1) is 6.92 Å². The van der Waals surface area contributed by atoms with E-state index in [2.05, 4.69) is 0 Å². The van der Waals surface area contributed by atoms with Crippen LogP contribution in [-0.4, -0.2) is 30.9 Å². The highest BCUT2D eigenvalue weighted by Gasteiger charge is 2.14. The first kappa shape index (κ1) is 13.0. The van der Waals surface area contributed by atoms with Gasteiger partial charge in [0.15, 0.2) is 0 Å². The summed E-state index contributed by atoms with van der Waals surface area (Å²) in [4.78, 5) is 13.7. The van der Waals surface area contributed by atoms with E-state index < -0.39 is 0 Å². The molecule has 0 heterocycles. The van der Waals surface area contributed by atoms with E-state index >= 15 is 0 Å². The quantitative estimate of drug-likeness (QED) is 0.876. The molecule has 0 aliphatic carbocycles. The molecule has 1 rings (SSSR count). The first-order chi connectivity index (χ1) is 7.57. The van der Waals surface area contributed by atoms with Crippen LogP contribution in [0.4, 0.5) is 0 Å². The second kappa shape index (κ2) is 5.87. The molecule has 1 aromatic carbocycles. The summed E-state index contributed by atoms with van der Waals surface area (Å²) in [5.74, 6) is -0.00606. The van der Waals surface area contributed by atoms with Crippen molar-refractivity contribution in [2.24, 2.45) is 5.73 Å². The Morgan fingerprint density at radius 3 is 2.81 bits per heavy atom. The van der Waals surface area contributed by atoms with E-state index in [0.29, 0.717) is 23.7 Å². The Hall–Kier alpha value is -1.06. The van der Waals surface area contributed by atoms with Crippen LogP contribution in [0.15, 0.2) is 18.2 Å². The number of nitrogens with zero attached hydrogens (tertiary/aromatic N) is 1. The smallest absolute Gasteiger partial charge is 0.253 e. The van der Waals surface area contributed by atoms with Crippen molar-refractivity contribution in [3.05, 3.63) is 34.3 Å². The number of rotatable bonds is 4. The van der Waals surface area contributed by atoms with E-state index in [1.807, 2.05) is 6.92 Å². The Morgan fingerprint density at radius 1 is 1.50 bits per heavy atom. The molecule has 3 nitrogen and oxygen atoms in total. The van der Waals surface area contributed by atoms with Crippen LogP contribution in [0.2, 0.25) is 5.02 Å². The van der Waals surface area contributed by atoms with Crippen molar-refractivity contribution in [2.45, 2.75) is 13.3 Å². The van der Waals surface area contributed by atoms with Crippen molar-refractivity contribution in [3.63, 3.8) is 0 Å². The van der Waals surface area contributed by atoms with E-state index in [4.69, 9.17) is 17.3 Å². The molecule has 0 radical (unpaired) electrons. The largest absolute Gasteiger partial charge is 0.342 e. The van der Waals surface area contributed by atoms with Gasteiger partial charge in [0.1, 0.15) is 0 Å². The number of amides is 1. The van der Waals surface area contributed by atoms with Gasteiger partial charge in [-0.2, -0.15) is 0 Å². The van der Waals surface area contributed by atoms with Crippen LogP contribution in [-0.2, 0) is 0 Å². The highest BCUT2D eigenvalue weighted by molar-refractivity contribution is 6.31. The van der Waals surface area contributed by atoms with Crippen molar-refractivity contribution >= 4 is 17.5 Å². The Balaban J connectivity index is 2.84. The number of hydrogen-bond donors (Lipinski definition) is 1. The number of hydrogen-bond acceptors (Lipinski definition) is 2. The molecule has 0 unspecified atom stereocenters. The maximum Gasteiger partial charge on any atom is 0.253 e. The van der Waals surface area contributed by atoms with Crippen LogP contribution in [0.25, 0.3) is 0 Å². The lowest BCUT2D eigenvalue weighted by atomic mass is 10.1. The number of halogens is 1. The lowest BCUT2D eigenvalue weighted by Gasteiger charge is -2.18. The molecule has 1 amide bonds. The number of carbonyl (C=O) groups is 1. The predicted molar refractivity (Wildman–Crippen MR) is 66.8 cm³/mol. The van der Waals surface area contributed by atoms with Crippen LogP contribution < -0.4 is 5.73 Å². The molecule has 4 heteroatoms. The Labute approximate surface area is 101 Å². The minimum absolute atomic E-state index is 0.00606. The molecule has 2 N–H and O–H groups in total. The van der Waals surface area contributed by atoms with Crippen LogP contribution in [0.1, 0.15) is 22.3 Å². The molecule has 0 fully saturated rings. The predicted octanol–water partition coefficient (Wildman–Crippen LogP) is 2.07. The van der Waals surface area contributed by atoms with Gasteiger partial charge in [-0.25, -0.2) is 0 Å². The summed E-state index contributed by atoms with van der Waals surface area (Å²) in [7, 11) is 1.78. The van der Waals surface area contributed by atoms with E-state index in [9.17, 15) is 4.79 Å². The van der Waals surface area contributed by atoms with Gasteiger partial charge >= 0.3 is 0 Å². The molecule has 0 atom stereocenters. The first-order valence-electron chi connectivity index (χ1n) is 5.28. The second-order valence-corrected chi connectivity index (χ2v) is 4.19. The molecule has 0 bridgehead atoms. The zero-order valence-corrected chi connectivity index (χ0v) is 10.4. The van der Waals surface area contributed by atoms with Crippen molar-refractivity contribution in [2.75, 3.05) is 20.1 Å². The minimum Gasteiger partial charge on any atom is -0.342 e. The monoisotopic (exact) mass is 240 g/mol. The maximum absolute atomic E-state index is 12.1. The van der Waals surface area contributed by atoms with Gasteiger partial charge in [-0.05, 0) is 37.6 Å².